The van der Waals surface area contributed by atoms with Gasteiger partial charge in [-0.15, -0.1) is 0 Å². The fourth-order valence-electron chi connectivity index (χ4n) is 3.56. The lowest BCUT2D eigenvalue weighted by Crippen LogP contribution is -2.12. The number of para-hydroxylation sites is 2. The van der Waals surface area contributed by atoms with Crippen LogP contribution in [-0.4, -0.2) is 15.3 Å². The molecule has 0 aliphatic carbocycles. The lowest BCUT2D eigenvalue weighted by atomic mass is 10.1. The third kappa shape index (κ3) is 4.18. The van der Waals surface area contributed by atoms with Crippen LogP contribution in [0.4, 0.5) is 17.1 Å². The highest BCUT2D eigenvalue weighted by atomic mass is 16.5. The highest BCUT2D eigenvalue weighted by molar-refractivity contribution is 5.86. The van der Waals surface area contributed by atoms with Crippen LogP contribution >= 0.6 is 0 Å². The first-order valence-electron chi connectivity index (χ1n) is 10.3. The van der Waals surface area contributed by atoms with Crippen molar-refractivity contribution in [2.45, 2.75) is 20.8 Å². The maximum absolute atomic E-state index is 10.7. The van der Waals surface area contributed by atoms with Crippen LogP contribution in [0.2, 0.25) is 0 Å². The Morgan fingerprint density at radius 3 is 1.75 bits per heavy atom. The van der Waals surface area contributed by atoms with Gasteiger partial charge in [0.25, 0.3) is 0 Å². The lowest BCUT2D eigenvalue weighted by molar-refractivity contribution is 0.460. The topological polar surface area (TPSA) is 73.2 Å². The lowest BCUT2D eigenvalue weighted by Gasteiger charge is -2.29. The maximum Gasteiger partial charge on any atom is 0.151 e. The Hall–Kier alpha value is -4.12. The Bertz CT molecular complexity index is 1230. The number of ether oxygens (including phenoxy) is 1. The summed E-state index contributed by atoms with van der Waals surface area (Å²) in [6.45, 7) is 5.69. The van der Waals surface area contributed by atoms with Crippen molar-refractivity contribution in [1.82, 2.24) is 0 Å². The van der Waals surface area contributed by atoms with Gasteiger partial charge in [-0.2, -0.15) is 0 Å². The molecule has 3 N–H and O–H groups in total. The van der Waals surface area contributed by atoms with E-state index in [0.717, 1.165) is 11.1 Å². The number of benzene rings is 4. The standard InChI is InChI=1S/C27H25NO4/c1-17-8-11-25(30)22(14-17)28(23-15-18(2)9-12-26(23)31)21-6-4-5-7-27(21)32-20-10-13-24(29)19(3)16-20/h4-16,29-31H,1-3H3. The highest BCUT2D eigenvalue weighted by Crippen LogP contribution is 2.47. The molecular weight excluding hydrogens is 402 g/mol. The van der Waals surface area contributed by atoms with Gasteiger partial charge < -0.3 is 20.1 Å². The molecule has 0 bridgehead atoms. The minimum Gasteiger partial charge on any atom is -0.508 e. The fourth-order valence-corrected chi connectivity index (χ4v) is 3.56. The van der Waals surface area contributed by atoms with E-state index in [2.05, 4.69) is 0 Å². The summed E-state index contributed by atoms with van der Waals surface area (Å²) in [5.74, 6) is 1.44. The van der Waals surface area contributed by atoms with E-state index in [9.17, 15) is 15.3 Å². The first-order chi connectivity index (χ1) is 15.3. The summed E-state index contributed by atoms with van der Waals surface area (Å²) in [7, 11) is 0. The number of aromatic hydroxyl groups is 3. The summed E-state index contributed by atoms with van der Waals surface area (Å²) < 4.78 is 6.19. The summed E-state index contributed by atoms with van der Waals surface area (Å²) in [6.07, 6.45) is 0. The van der Waals surface area contributed by atoms with Crippen molar-refractivity contribution in [1.29, 1.82) is 0 Å². The van der Waals surface area contributed by atoms with Crippen molar-refractivity contribution in [3.8, 4) is 28.7 Å². The second-order valence-electron chi connectivity index (χ2n) is 7.84. The van der Waals surface area contributed by atoms with Gasteiger partial charge in [-0.05, 0) is 92.1 Å². The summed E-state index contributed by atoms with van der Waals surface area (Å²) in [5, 5.41) is 31.3. The molecule has 0 atom stereocenters. The molecule has 0 spiro atoms. The Kier molecular flexibility index (Phi) is 5.65. The Balaban J connectivity index is 1.92. The van der Waals surface area contributed by atoms with Crippen molar-refractivity contribution in [2.75, 3.05) is 4.90 Å². The average molecular weight is 428 g/mol. The third-order valence-corrected chi connectivity index (χ3v) is 5.25. The first kappa shape index (κ1) is 21.1. The van der Waals surface area contributed by atoms with Crippen LogP contribution in [0, 0.1) is 20.8 Å². The van der Waals surface area contributed by atoms with E-state index in [-0.39, 0.29) is 17.2 Å². The van der Waals surface area contributed by atoms with E-state index in [4.69, 9.17) is 4.74 Å². The number of rotatable bonds is 5. The number of phenols is 3. The molecule has 0 unspecified atom stereocenters. The quantitative estimate of drug-likeness (QED) is 0.320. The summed E-state index contributed by atoms with van der Waals surface area (Å²) >= 11 is 0. The summed E-state index contributed by atoms with van der Waals surface area (Å²) in [5.41, 5.74) is 4.29. The molecule has 4 aromatic carbocycles. The third-order valence-electron chi connectivity index (χ3n) is 5.25. The first-order valence-corrected chi connectivity index (χ1v) is 10.3. The average Bonchev–Trinajstić information content (AvgIpc) is 2.77. The van der Waals surface area contributed by atoms with Gasteiger partial charge in [0.15, 0.2) is 5.75 Å². The van der Waals surface area contributed by atoms with E-state index in [0.29, 0.717) is 34.1 Å². The minimum atomic E-state index is 0.0757. The summed E-state index contributed by atoms with van der Waals surface area (Å²) in [6, 6.07) is 23.1. The van der Waals surface area contributed by atoms with Crippen molar-refractivity contribution in [3.05, 3.63) is 95.6 Å². The number of anilines is 3. The molecule has 0 aliphatic heterocycles. The predicted molar refractivity (Wildman–Crippen MR) is 127 cm³/mol. The molecule has 32 heavy (non-hydrogen) atoms. The van der Waals surface area contributed by atoms with E-state index >= 15 is 0 Å². The number of nitrogens with zero attached hydrogens (tertiary/aromatic N) is 1. The van der Waals surface area contributed by atoms with Crippen LogP contribution in [0.3, 0.4) is 0 Å². The number of aryl methyl sites for hydroxylation is 3. The van der Waals surface area contributed by atoms with E-state index in [1.54, 1.807) is 42.2 Å². The number of hydrogen-bond donors (Lipinski definition) is 3. The predicted octanol–water partition coefficient (Wildman–Crippen LogP) is 6.99. The molecule has 0 heterocycles. The number of phenolic OH excluding ortho intramolecular Hbond substituents is 3. The molecule has 162 valence electrons. The smallest absolute Gasteiger partial charge is 0.151 e. The van der Waals surface area contributed by atoms with Crippen molar-refractivity contribution >= 4 is 17.1 Å². The van der Waals surface area contributed by atoms with Gasteiger partial charge in [-0.3, -0.25) is 4.90 Å². The van der Waals surface area contributed by atoms with E-state index in [1.807, 2.05) is 62.4 Å². The molecule has 5 heteroatoms. The van der Waals surface area contributed by atoms with Crippen LogP contribution in [0.25, 0.3) is 0 Å². The van der Waals surface area contributed by atoms with Crippen molar-refractivity contribution < 1.29 is 20.1 Å². The molecule has 0 saturated carbocycles. The maximum atomic E-state index is 10.7. The molecular formula is C27H25NO4. The molecule has 0 amide bonds. The van der Waals surface area contributed by atoms with Gasteiger partial charge in [-0.1, -0.05) is 24.3 Å². The molecule has 0 aromatic heterocycles. The van der Waals surface area contributed by atoms with Gasteiger partial charge in [-0.25, -0.2) is 0 Å². The van der Waals surface area contributed by atoms with Gasteiger partial charge >= 0.3 is 0 Å². The van der Waals surface area contributed by atoms with Crippen molar-refractivity contribution in [3.63, 3.8) is 0 Å². The fraction of sp³-hybridized carbons (Fsp3) is 0.111. The van der Waals surface area contributed by atoms with Crippen LogP contribution in [-0.2, 0) is 0 Å². The molecule has 0 saturated heterocycles. The molecule has 5 nitrogen and oxygen atoms in total. The Labute approximate surface area is 187 Å². The van der Waals surface area contributed by atoms with Gasteiger partial charge in [0, 0.05) is 0 Å². The van der Waals surface area contributed by atoms with Crippen LogP contribution in [0.5, 0.6) is 28.7 Å². The van der Waals surface area contributed by atoms with E-state index < -0.39 is 0 Å². The zero-order valence-corrected chi connectivity index (χ0v) is 18.2. The molecule has 4 aromatic rings. The Morgan fingerprint density at radius 1 is 0.594 bits per heavy atom. The Morgan fingerprint density at radius 2 is 1.16 bits per heavy atom. The van der Waals surface area contributed by atoms with Gasteiger partial charge in [0.05, 0.1) is 17.1 Å². The van der Waals surface area contributed by atoms with Crippen LogP contribution in [0.1, 0.15) is 16.7 Å². The highest BCUT2D eigenvalue weighted by Gasteiger charge is 2.23. The zero-order valence-electron chi connectivity index (χ0n) is 18.2. The minimum absolute atomic E-state index is 0.0757. The normalized spacial score (nSPS) is 10.7. The van der Waals surface area contributed by atoms with Gasteiger partial charge in [0.1, 0.15) is 23.0 Å². The van der Waals surface area contributed by atoms with Crippen LogP contribution < -0.4 is 9.64 Å². The molecule has 0 fully saturated rings. The zero-order chi connectivity index (χ0) is 22.8. The van der Waals surface area contributed by atoms with Crippen molar-refractivity contribution in [2.24, 2.45) is 0 Å². The van der Waals surface area contributed by atoms with Gasteiger partial charge in [0.2, 0.25) is 0 Å². The monoisotopic (exact) mass is 427 g/mol. The van der Waals surface area contributed by atoms with Crippen LogP contribution in [0.15, 0.2) is 78.9 Å². The van der Waals surface area contributed by atoms with E-state index in [1.165, 1.54) is 0 Å². The molecule has 0 radical (unpaired) electrons. The second-order valence-corrected chi connectivity index (χ2v) is 7.84. The number of hydrogen-bond acceptors (Lipinski definition) is 5. The largest absolute Gasteiger partial charge is 0.508 e. The molecule has 0 aliphatic rings. The second kappa shape index (κ2) is 8.55. The SMILES string of the molecule is Cc1ccc(O)c(N(c2cc(C)ccc2O)c2ccccc2Oc2ccc(O)c(C)c2)c1. The summed E-state index contributed by atoms with van der Waals surface area (Å²) in [4.78, 5) is 1.78. The molecule has 4 rings (SSSR count).